The Kier molecular flexibility index (Phi) is 7.66. The Balaban J connectivity index is 1.57. The van der Waals surface area contributed by atoms with Crippen LogP contribution in [0.3, 0.4) is 0 Å². The normalized spacial score (nSPS) is 11.5. The minimum atomic E-state index is 0.861. The Morgan fingerprint density at radius 2 is 2.04 bits per heavy atom. The van der Waals surface area contributed by atoms with Crippen LogP contribution in [-0.4, -0.2) is 35.9 Å². The molecule has 0 saturated carbocycles. The maximum atomic E-state index is 4.25. The van der Waals surface area contributed by atoms with Gasteiger partial charge in [0.25, 0.3) is 0 Å². The average molecular weight is 378 g/mol. The molecule has 2 rings (SSSR count). The third-order valence-electron chi connectivity index (χ3n) is 3.46. The lowest BCUT2D eigenvalue weighted by molar-refractivity contribution is 0.570. The molecule has 5 nitrogen and oxygen atoms in total. The van der Waals surface area contributed by atoms with Gasteiger partial charge >= 0.3 is 0 Å². The lowest BCUT2D eigenvalue weighted by Crippen LogP contribution is -2.38. The summed E-state index contributed by atoms with van der Waals surface area (Å²) < 4.78 is 3.08. The van der Waals surface area contributed by atoms with E-state index in [2.05, 4.69) is 60.9 Å². The molecule has 0 radical (unpaired) electrons. The summed E-state index contributed by atoms with van der Waals surface area (Å²) in [7, 11) is 1.80. The number of aromatic nitrogens is 2. The van der Waals surface area contributed by atoms with Gasteiger partial charge in [0, 0.05) is 43.5 Å². The van der Waals surface area contributed by atoms with E-state index in [9.17, 15) is 0 Å². The fourth-order valence-corrected chi connectivity index (χ4v) is 2.74. The van der Waals surface area contributed by atoms with Crippen LogP contribution in [0, 0.1) is 0 Å². The van der Waals surface area contributed by atoms with Gasteiger partial charge in [0.15, 0.2) is 5.96 Å². The van der Waals surface area contributed by atoms with E-state index < -0.39 is 0 Å². The van der Waals surface area contributed by atoms with Crippen LogP contribution in [-0.2, 0) is 13.0 Å². The Morgan fingerprint density at radius 1 is 1.22 bits per heavy atom. The van der Waals surface area contributed by atoms with Crippen LogP contribution < -0.4 is 10.6 Å². The van der Waals surface area contributed by atoms with Crippen molar-refractivity contribution in [3.05, 3.63) is 52.8 Å². The van der Waals surface area contributed by atoms with Gasteiger partial charge in [0.1, 0.15) is 0 Å². The molecule has 124 valence electrons. The van der Waals surface area contributed by atoms with Crippen LogP contribution in [0.5, 0.6) is 0 Å². The summed E-state index contributed by atoms with van der Waals surface area (Å²) in [5, 5.41) is 10.9. The first kappa shape index (κ1) is 17.5. The number of guanidine groups is 1. The summed E-state index contributed by atoms with van der Waals surface area (Å²) in [6.45, 7) is 2.70. The molecule has 6 heteroatoms. The third-order valence-corrected chi connectivity index (χ3v) is 3.96. The fourth-order valence-electron chi connectivity index (χ4n) is 2.29. The van der Waals surface area contributed by atoms with Gasteiger partial charge in [0.2, 0.25) is 0 Å². The van der Waals surface area contributed by atoms with Crippen molar-refractivity contribution in [3.63, 3.8) is 0 Å². The molecule has 2 N–H and O–H groups in total. The highest BCUT2D eigenvalue weighted by Gasteiger charge is 1.98. The van der Waals surface area contributed by atoms with E-state index in [0.29, 0.717) is 0 Å². The first-order chi connectivity index (χ1) is 11.3. The predicted octanol–water partition coefficient (Wildman–Crippen LogP) is 2.83. The van der Waals surface area contributed by atoms with Crippen LogP contribution in [0.25, 0.3) is 0 Å². The first-order valence-corrected chi connectivity index (χ1v) is 8.73. The van der Waals surface area contributed by atoms with E-state index >= 15 is 0 Å². The van der Waals surface area contributed by atoms with Gasteiger partial charge in [-0.1, -0.05) is 28.1 Å². The number of rotatable bonds is 8. The largest absolute Gasteiger partial charge is 0.356 e. The monoisotopic (exact) mass is 377 g/mol. The third kappa shape index (κ3) is 6.86. The standard InChI is InChI=1S/C17H24BrN5/c1-19-17(21-10-4-12-23-13-5-11-22-23)20-9-3-7-15-6-2-8-16(18)14-15/h2,5-6,8,11,13-14H,3-4,7,9-10,12H2,1H3,(H2,19,20,21). The van der Waals surface area contributed by atoms with Gasteiger partial charge in [-0.2, -0.15) is 5.10 Å². The van der Waals surface area contributed by atoms with Crippen molar-refractivity contribution < 1.29 is 0 Å². The zero-order valence-electron chi connectivity index (χ0n) is 13.5. The summed E-state index contributed by atoms with van der Waals surface area (Å²) >= 11 is 3.50. The highest BCUT2D eigenvalue weighted by atomic mass is 79.9. The molecule has 0 spiro atoms. The quantitative estimate of drug-likeness (QED) is 0.422. The van der Waals surface area contributed by atoms with Crippen LogP contribution in [0.15, 0.2) is 52.2 Å². The summed E-state index contributed by atoms with van der Waals surface area (Å²) in [6, 6.07) is 10.4. The summed E-state index contributed by atoms with van der Waals surface area (Å²) in [5.41, 5.74) is 1.35. The number of nitrogens with one attached hydrogen (secondary N) is 2. The summed E-state index contributed by atoms with van der Waals surface area (Å²) in [6.07, 6.45) is 6.93. The minimum Gasteiger partial charge on any atom is -0.356 e. The number of hydrogen-bond acceptors (Lipinski definition) is 2. The lowest BCUT2D eigenvalue weighted by atomic mass is 10.1. The van der Waals surface area contributed by atoms with Gasteiger partial charge in [-0.05, 0) is 43.0 Å². The van der Waals surface area contributed by atoms with Crippen LogP contribution in [0.4, 0.5) is 0 Å². The van der Waals surface area contributed by atoms with Crippen molar-refractivity contribution in [2.24, 2.45) is 4.99 Å². The van der Waals surface area contributed by atoms with Crippen LogP contribution >= 0.6 is 15.9 Å². The highest BCUT2D eigenvalue weighted by Crippen LogP contribution is 2.12. The summed E-state index contributed by atoms with van der Waals surface area (Å²) in [5.74, 6) is 0.861. The number of aryl methyl sites for hydroxylation is 2. The molecule has 23 heavy (non-hydrogen) atoms. The van der Waals surface area contributed by atoms with Crippen molar-refractivity contribution in [3.8, 4) is 0 Å². The van der Waals surface area contributed by atoms with E-state index in [-0.39, 0.29) is 0 Å². The van der Waals surface area contributed by atoms with E-state index in [1.807, 2.05) is 16.9 Å². The zero-order valence-corrected chi connectivity index (χ0v) is 15.1. The molecule has 0 amide bonds. The first-order valence-electron chi connectivity index (χ1n) is 7.94. The van der Waals surface area contributed by atoms with E-state index in [1.165, 1.54) is 5.56 Å². The molecular weight excluding hydrogens is 354 g/mol. The average Bonchev–Trinajstić information content (AvgIpc) is 3.07. The Labute approximate surface area is 146 Å². The molecule has 0 aliphatic carbocycles. The number of hydrogen-bond donors (Lipinski definition) is 2. The van der Waals surface area contributed by atoms with Gasteiger partial charge in [-0.3, -0.25) is 9.67 Å². The van der Waals surface area contributed by atoms with E-state index in [1.54, 1.807) is 13.2 Å². The van der Waals surface area contributed by atoms with E-state index in [4.69, 9.17) is 0 Å². The maximum Gasteiger partial charge on any atom is 0.190 e. The fraction of sp³-hybridized carbons (Fsp3) is 0.412. The highest BCUT2D eigenvalue weighted by molar-refractivity contribution is 9.10. The molecule has 2 aromatic rings. The molecule has 0 unspecified atom stereocenters. The maximum absolute atomic E-state index is 4.25. The molecule has 0 aliphatic rings. The van der Waals surface area contributed by atoms with E-state index in [0.717, 1.165) is 49.3 Å². The van der Waals surface area contributed by atoms with Gasteiger partial charge in [-0.15, -0.1) is 0 Å². The molecule has 0 saturated heterocycles. The molecule has 0 aliphatic heterocycles. The molecular formula is C17H24BrN5. The molecule has 0 bridgehead atoms. The Hall–Kier alpha value is -1.82. The predicted molar refractivity (Wildman–Crippen MR) is 98.7 cm³/mol. The number of aliphatic imine (C=N–C) groups is 1. The molecule has 1 aromatic carbocycles. The number of nitrogens with zero attached hydrogens (tertiary/aromatic N) is 3. The van der Waals surface area contributed by atoms with Gasteiger partial charge in [0.05, 0.1) is 0 Å². The molecule has 0 fully saturated rings. The SMILES string of the molecule is CN=C(NCCCc1cccc(Br)c1)NCCCn1cccn1. The number of halogens is 1. The van der Waals surface area contributed by atoms with Crippen molar-refractivity contribution in [2.75, 3.05) is 20.1 Å². The van der Waals surface area contributed by atoms with Crippen molar-refractivity contribution >= 4 is 21.9 Å². The minimum absolute atomic E-state index is 0.861. The summed E-state index contributed by atoms with van der Waals surface area (Å²) in [4.78, 5) is 4.25. The topological polar surface area (TPSA) is 54.2 Å². The molecule has 1 heterocycles. The van der Waals surface area contributed by atoms with Gasteiger partial charge < -0.3 is 10.6 Å². The lowest BCUT2D eigenvalue weighted by Gasteiger charge is -2.12. The molecule has 1 aromatic heterocycles. The van der Waals surface area contributed by atoms with Crippen molar-refractivity contribution in [1.82, 2.24) is 20.4 Å². The van der Waals surface area contributed by atoms with Gasteiger partial charge in [-0.25, -0.2) is 0 Å². The second-order valence-corrected chi connectivity index (χ2v) is 6.20. The van der Waals surface area contributed by atoms with Crippen LogP contribution in [0.1, 0.15) is 18.4 Å². The second kappa shape index (κ2) is 10.0. The Bertz CT molecular complexity index is 595. The smallest absolute Gasteiger partial charge is 0.190 e. The molecule has 0 atom stereocenters. The van der Waals surface area contributed by atoms with Crippen molar-refractivity contribution in [2.45, 2.75) is 25.8 Å². The second-order valence-electron chi connectivity index (χ2n) is 5.28. The Morgan fingerprint density at radius 3 is 2.74 bits per heavy atom. The van der Waals surface area contributed by atoms with Crippen LogP contribution in [0.2, 0.25) is 0 Å². The zero-order chi connectivity index (χ0) is 16.3. The number of benzene rings is 1. The van der Waals surface area contributed by atoms with Crippen molar-refractivity contribution in [1.29, 1.82) is 0 Å².